The largest absolute Gasteiger partial charge is 0.497 e. The van der Waals surface area contributed by atoms with E-state index in [9.17, 15) is 9.59 Å². The lowest BCUT2D eigenvalue weighted by molar-refractivity contribution is -0.125. The van der Waals surface area contributed by atoms with Crippen LogP contribution in [0, 0.1) is 0 Å². The first-order valence-corrected chi connectivity index (χ1v) is 8.22. The van der Waals surface area contributed by atoms with Crippen LogP contribution in [0.5, 0.6) is 11.5 Å². The fourth-order valence-electron chi connectivity index (χ4n) is 2.77. The molecule has 2 amide bonds. The number of nitrogens with two attached hydrogens (primary N) is 1. The highest BCUT2D eigenvalue weighted by molar-refractivity contribution is 5.92. The van der Waals surface area contributed by atoms with Gasteiger partial charge < -0.3 is 20.1 Å². The molecule has 0 radical (unpaired) electrons. The highest BCUT2D eigenvalue weighted by atomic mass is 16.5. The minimum absolute atomic E-state index is 0.0530. The zero-order chi connectivity index (χ0) is 18.2. The van der Waals surface area contributed by atoms with Crippen molar-refractivity contribution in [3.63, 3.8) is 0 Å². The Balaban J connectivity index is 1.99. The molecule has 0 aliphatic carbocycles. The molecule has 0 spiro atoms. The van der Waals surface area contributed by atoms with Crippen LogP contribution in [0.4, 0.5) is 0 Å². The average molecular weight is 347 g/mol. The molecule has 1 aromatic rings. The lowest BCUT2D eigenvalue weighted by Gasteiger charge is -2.20. The van der Waals surface area contributed by atoms with Crippen molar-refractivity contribution in [1.82, 2.24) is 9.80 Å². The molecule has 7 nitrogen and oxygen atoms in total. The van der Waals surface area contributed by atoms with Crippen molar-refractivity contribution >= 4 is 17.9 Å². The van der Waals surface area contributed by atoms with Crippen LogP contribution in [0.1, 0.15) is 12.0 Å². The summed E-state index contributed by atoms with van der Waals surface area (Å²) in [6.45, 7) is 2.90. The zero-order valence-corrected chi connectivity index (χ0v) is 14.7. The second kappa shape index (κ2) is 9.08. The summed E-state index contributed by atoms with van der Waals surface area (Å²) in [5.41, 5.74) is 6.06. The number of amides is 2. The lowest BCUT2D eigenvalue weighted by atomic mass is 10.2. The van der Waals surface area contributed by atoms with Crippen LogP contribution >= 0.6 is 0 Å². The number of nitrogens with zero attached hydrogens (tertiary/aromatic N) is 2. The van der Waals surface area contributed by atoms with Gasteiger partial charge in [0.15, 0.2) is 0 Å². The number of hydrogen-bond acceptors (Lipinski definition) is 5. The molecule has 1 aliphatic rings. The van der Waals surface area contributed by atoms with Gasteiger partial charge in [-0.2, -0.15) is 0 Å². The molecule has 0 bridgehead atoms. The summed E-state index contributed by atoms with van der Waals surface area (Å²) >= 11 is 0. The van der Waals surface area contributed by atoms with E-state index in [0.29, 0.717) is 31.1 Å². The van der Waals surface area contributed by atoms with Crippen LogP contribution in [0.2, 0.25) is 0 Å². The Morgan fingerprint density at radius 3 is 2.36 bits per heavy atom. The number of carbonyl (C=O) groups is 2. The number of methoxy groups -OCH3 is 2. The van der Waals surface area contributed by atoms with Gasteiger partial charge in [-0.1, -0.05) is 0 Å². The molecular formula is C18H25N3O4. The quantitative estimate of drug-likeness (QED) is 0.767. The lowest BCUT2D eigenvalue weighted by Crippen LogP contribution is -2.37. The molecule has 2 rings (SSSR count). The maximum Gasteiger partial charge on any atom is 0.246 e. The van der Waals surface area contributed by atoms with Crippen molar-refractivity contribution in [3.8, 4) is 11.5 Å². The smallest absolute Gasteiger partial charge is 0.246 e. The van der Waals surface area contributed by atoms with Crippen molar-refractivity contribution in [2.75, 3.05) is 46.9 Å². The van der Waals surface area contributed by atoms with E-state index in [1.807, 2.05) is 17.0 Å². The summed E-state index contributed by atoms with van der Waals surface area (Å²) in [7, 11) is 3.17. The van der Waals surface area contributed by atoms with E-state index in [2.05, 4.69) is 0 Å². The van der Waals surface area contributed by atoms with Gasteiger partial charge >= 0.3 is 0 Å². The Morgan fingerprint density at radius 2 is 1.76 bits per heavy atom. The number of benzene rings is 1. The fraction of sp³-hybridized carbons (Fsp3) is 0.444. The zero-order valence-electron chi connectivity index (χ0n) is 14.7. The maximum atomic E-state index is 12.4. The summed E-state index contributed by atoms with van der Waals surface area (Å²) in [6, 6.07) is 5.45. The topological polar surface area (TPSA) is 85.1 Å². The summed E-state index contributed by atoms with van der Waals surface area (Å²) in [6.07, 6.45) is 4.12. The molecular weight excluding hydrogens is 322 g/mol. The van der Waals surface area contributed by atoms with Crippen LogP contribution in [-0.4, -0.2) is 68.6 Å². The molecule has 1 fully saturated rings. The molecule has 1 aliphatic heterocycles. The van der Waals surface area contributed by atoms with E-state index in [0.717, 1.165) is 18.5 Å². The third-order valence-corrected chi connectivity index (χ3v) is 4.07. The van der Waals surface area contributed by atoms with Gasteiger partial charge in [0, 0.05) is 38.3 Å². The van der Waals surface area contributed by atoms with Crippen molar-refractivity contribution < 1.29 is 19.1 Å². The Hall–Kier alpha value is -2.54. The van der Waals surface area contributed by atoms with E-state index in [-0.39, 0.29) is 18.4 Å². The van der Waals surface area contributed by atoms with Gasteiger partial charge in [-0.25, -0.2) is 0 Å². The van der Waals surface area contributed by atoms with Gasteiger partial charge in [0.05, 0.1) is 20.8 Å². The van der Waals surface area contributed by atoms with Gasteiger partial charge in [0.25, 0.3) is 0 Å². The number of rotatable bonds is 6. The fourth-order valence-corrected chi connectivity index (χ4v) is 2.77. The molecule has 0 aromatic heterocycles. The van der Waals surface area contributed by atoms with Crippen molar-refractivity contribution in [2.45, 2.75) is 6.42 Å². The maximum absolute atomic E-state index is 12.4. The van der Waals surface area contributed by atoms with Crippen LogP contribution in [0.3, 0.4) is 0 Å². The first kappa shape index (κ1) is 18.8. The van der Waals surface area contributed by atoms with E-state index in [1.165, 1.54) is 0 Å². The molecule has 25 heavy (non-hydrogen) atoms. The van der Waals surface area contributed by atoms with Crippen molar-refractivity contribution in [3.05, 3.63) is 29.8 Å². The monoisotopic (exact) mass is 347 g/mol. The van der Waals surface area contributed by atoms with Crippen molar-refractivity contribution in [2.24, 2.45) is 5.73 Å². The molecule has 136 valence electrons. The van der Waals surface area contributed by atoms with Gasteiger partial charge in [-0.15, -0.1) is 0 Å². The molecule has 0 saturated carbocycles. The van der Waals surface area contributed by atoms with Gasteiger partial charge in [-0.05, 0) is 30.2 Å². The summed E-state index contributed by atoms with van der Waals surface area (Å²) in [5.74, 6) is 0.945. The first-order valence-electron chi connectivity index (χ1n) is 8.22. The summed E-state index contributed by atoms with van der Waals surface area (Å²) in [4.78, 5) is 27.2. The average Bonchev–Trinajstić information content (AvgIpc) is 2.84. The van der Waals surface area contributed by atoms with Gasteiger partial charge in [-0.3, -0.25) is 14.5 Å². The number of ether oxygens (including phenoxy) is 2. The second-order valence-corrected chi connectivity index (χ2v) is 5.90. The predicted molar refractivity (Wildman–Crippen MR) is 95.4 cm³/mol. The van der Waals surface area contributed by atoms with E-state index in [1.54, 1.807) is 37.3 Å². The van der Waals surface area contributed by atoms with Crippen LogP contribution in [0.15, 0.2) is 24.3 Å². The standard InChI is InChI=1S/C18H25N3O4/c1-24-15-10-14(11-16(12-15)25-2)4-5-18(23)21-7-3-6-20(8-9-21)13-17(19)22/h4-5,10-12H,3,6-9,13H2,1-2H3,(H2,19,22). The molecule has 7 heteroatoms. The molecule has 1 saturated heterocycles. The minimum Gasteiger partial charge on any atom is -0.497 e. The predicted octanol–water partition coefficient (Wildman–Crippen LogP) is 0.737. The van der Waals surface area contributed by atoms with Crippen molar-refractivity contribution in [1.29, 1.82) is 0 Å². The Labute approximate surface area is 148 Å². The highest BCUT2D eigenvalue weighted by Crippen LogP contribution is 2.23. The number of carbonyl (C=O) groups excluding carboxylic acids is 2. The Kier molecular flexibility index (Phi) is 6.82. The molecule has 1 heterocycles. The number of primary amides is 1. The third kappa shape index (κ3) is 5.79. The van der Waals surface area contributed by atoms with E-state index >= 15 is 0 Å². The normalized spacial score (nSPS) is 15.8. The summed E-state index contributed by atoms with van der Waals surface area (Å²) < 4.78 is 10.5. The molecule has 0 unspecified atom stereocenters. The SMILES string of the molecule is COc1cc(C=CC(=O)N2CCCN(CC(N)=O)CC2)cc(OC)c1. The van der Waals surface area contributed by atoms with Gasteiger partial charge in [0.2, 0.25) is 11.8 Å². The van der Waals surface area contributed by atoms with Crippen LogP contribution in [-0.2, 0) is 9.59 Å². The highest BCUT2D eigenvalue weighted by Gasteiger charge is 2.18. The minimum atomic E-state index is -0.341. The van der Waals surface area contributed by atoms with Crippen LogP contribution in [0.25, 0.3) is 6.08 Å². The van der Waals surface area contributed by atoms with E-state index in [4.69, 9.17) is 15.2 Å². The molecule has 1 aromatic carbocycles. The Bertz CT molecular complexity index is 623. The third-order valence-electron chi connectivity index (χ3n) is 4.07. The summed E-state index contributed by atoms with van der Waals surface area (Å²) in [5, 5.41) is 0. The first-order chi connectivity index (χ1) is 12.0. The van der Waals surface area contributed by atoms with Crippen LogP contribution < -0.4 is 15.2 Å². The van der Waals surface area contributed by atoms with E-state index < -0.39 is 0 Å². The molecule has 0 atom stereocenters. The number of hydrogen-bond donors (Lipinski definition) is 1. The van der Waals surface area contributed by atoms with Gasteiger partial charge in [0.1, 0.15) is 11.5 Å². The Morgan fingerprint density at radius 1 is 1.08 bits per heavy atom. The molecule has 2 N–H and O–H groups in total. The second-order valence-electron chi connectivity index (χ2n) is 5.90.